The molecule has 1 N–H and O–H groups in total. The van der Waals surface area contributed by atoms with Crippen LogP contribution in [0.5, 0.6) is 0 Å². The lowest BCUT2D eigenvalue weighted by Crippen LogP contribution is -1.93. The number of aliphatic hydroxyl groups excluding tert-OH is 1. The van der Waals surface area contributed by atoms with Gasteiger partial charge < -0.3 is 5.11 Å². The molecule has 0 aliphatic carbocycles. The van der Waals surface area contributed by atoms with Crippen LogP contribution in [-0.4, -0.2) is 25.1 Å². The Kier molecular flexibility index (Phi) is 2.07. The third-order valence-electron chi connectivity index (χ3n) is 1.51. The normalized spacial score (nSPS) is 10.6. The minimum atomic E-state index is -0.0929. The summed E-state index contributed by atoms with van der Waals surface area (Å²) in [5, 5.41) is 19.1. The number of aromatic nitrogens is 4. The van der Waals surface area contributed by atoms with Gasteiger partial charge >= 0.3 is 0 Å². The van der Waals surface area contributed by atoms with Crippen molar-refractivity contribution in [3.05, 3.63) is 23.0 Å². The summed E-state index contributed by atoms with van der Waals surface area (Å²) in [6.45, 7) is 1.83. The van der Waals surface area contributed by atoms with E-state index in [4.69, 9.17) is 5.11 Å². The number of aliphatic hydroxyl groups is 1. The van der Waals surface area contributed by atoms with Crippen molar-refractivity contribution in [2.45, 2.75) is 13.5 Å². The first-order chi connectivity index (χ1) is 6.29. The van der Waals surface area contributed by atoms with Crippen LogP contribution in [-0.2, 0) is 6.61 Å². The first-order valence-corrected chi connectivity index (χ1v) is 4.62. The summed E-state index contributed by atoms with van der Waals surface area (Å²) >= 11 is 1.49. The molecule has 0 aromatic carbocycles. The standard InChI is InChI=1S/C7H8N4OS/c1-5-4-13-7(8-5)11-2-6(3-12)9-10-11/h2,4,12H,3H2,1H3. The van der Waals surface area contributed by atoms with Crippen molar-refractivity contribution in [2.24, 2.45) is 0 Å². The van der Waals surface area contributed by atoms with Gasteiger partial charge in [-0.05, 0) is 6.92 Å². The molecular formula is C7H8N4OS. The topological polar surface area (TPSA) is 63.8 Å². The number of hydrogen-bond acceptors (Lipinski definition) is 5. The van der Waals surface area contributed by atoms with E-state index in [1.165, 1.54) is 11.3 Å². The second-order valence-corrected chi connectivity index (χ2v) is 3.42. The van der Waals surface area contributed by atoms with Crippen LogP contribution in [0, 0.1) is 6.92 Å². The van der Waals surface area contributed by atoms with Crippen molar-refractivity contribution in [1.82, 2.24) is 20.0 Å². The van der Waals surface area contributed by atoms with Gasteiger partial charge in [-0.2, -0.15) is 4.68 Å². The monoisotopic (exact) mass is 196 g/mol. The quantitative estimate of drug-likeness (QED) is 0.760. The molecule has 0 unspecified atom stereocenters. The molecule has 13 heavy (non-hydrogen) atoms. The van der Waals surface area contributed by atoms with Crippen molar-refractivity contribution in [3.63, 3.8) is 0 Å². The van der Waals surface area contributed by atoms with Crippen molar-refractivity contribution >= 4 is 11.3 Å². The van der Waals surface area contributed by atoms with Crippen LogP contribution >= 0.6 is 11.3 Å². The van der Waals surface area contributed by atoms with Gasteiger partial charge in [0.25, 0.3) is 0 Å². The SMILES string of the molecule is Cc1csc(-n2cc(CO)nn2)n1. The molecule has 2 heterocycles. The third kappa shape index (κ3) is 1.58. The van der Waals surface area contributed by atoms with Gasteiger partial charge in [0.15, 0.2) is 0 Å². The maximum atomic E-state index is 8.77. The molecular weight excluding hydrogens is 188 g/mol. The number of thiazole rings is 1. The van der Waals surface area contributed by atoms with Crippen LogP contribution in [0.25, 0.3) is 5.13 Å². The summed E-state index contributed by atoms with van der Waals surface area (Å²) in [6, 6.07) is 0. The molecule has 2 aromatic heterocycles. The lowest BCUT2D eigenvalue weighted by atomic mass is 10.5. The Labute approximate surface area is 78.7 Å². The lowest BCUT2D eigenvalue weighted by Gasteiger charge is -1.89. The van der Waals surface area contributed by atoms with E-state index in [1.807, 2.05) is 12.3 Å². The van der Waals surface area contributed by atoms with Crippen LogP contribution in [0.2, 0.25) is 0 Å². The van der Waals surface area contributed by atoms with Gasteiger partial charge in [-0.3, -0.25) is 0 Å². The third-order valence-corrected chi connectivity index (χ3v) is 2.45. The molecule has 0 bridgehead atoms. The fourth-order valence-corrected chi connectivity index (χ4v) is 1.63. The van der Waals surface area contributed by atoms with Gasteiger partial charge in [0.05, 0.1) is 18.5 Å². The highest BCUT2D eigenvalue weighted by atomic mass is 32.1. The van der Waals surface area contributed by atoms with Crippen LogP contribution in [0.15, 0.2) is 11.6 Å². The fraction of sp³-hybridized carbons (Fsp3) is 0.286. The highest BCUT2D eigenvalue weighted by Gasteiger charge is 2.04. The van der Waals surface area contributed by atoms with E-state index in [0.717, 1.165) is 10.8 Å². The molecule has 0 atom stereocenters. The minimum Gasteiger partial charge on any atom is -0.390 e. The smallest absolute Gasteiger partial charge is 0.211 e. The summed E-state index contributed by atoms with van der Waals surface area (Å²) in [5.41, 5.74) is 1.51. The Balaban J connectivity index is 2.35. The molecule has 0 saturated heterocycles. The Bertz CT molecular complexity index is 408. The Hall–Kier alpha value is -1.27. The molecule has 0 spiro atoms. The van der Waals surface area contributed by atoms with Gasteiger partial charge in [-0.1, -0.05) is 5.21 Å². The number of aryl methyl sites for hydroxylation is 1. The molecule has 2 rings (SSSR count). The van der Waals surface area contributed by atoms with Gasteiger partial charge in [0.2, 0.25) is 5.13 Å². The van der Waals surface area contributed by atoms with Crippen molar-refractivity contribution < 1.29 is 5.11 Å². The van der Waals surface area contributed by atoms with E-state index in [1.54, 1.807) is 10.9 Å². The summed E-state index contributed by atoms with van der Waals surface area (Å²) in [4.78, 5) is 4.23. The lowest BCUT2D eigenvalue weighted by molar-refractivity contribution is 0.276. The molecule has 0 aliphatic rings. The average Bonchev–Trinajstić information content (AvgIpc) is 2.71. The van der Waals surface area contributed by atoms with Crippen molar-refractivity contribution in [1.29, 1.82) is 0 Å². The molecule has 0 fully saturated rings. The van der Waals surface area contributed by atoms with Gasteiger partial charge in [0, 0.05) is 5.38 Å². The van der Waals surface area contributed by atoms with Crippen LogP contribution in [0.4, 0.5) is 0 Å². The minimum absolute atomic E-state index is 0.0929. The van der Waals surface area contributed by atoms with E-state index >= 15 is 0 Å². The zero-order chi connectivity index (χ0) is 9.26. The van der Waals surface area contributed by atoms with E-state index in [2.05, 4.69) is 15.3 Å². The zero-order valence-corrected chi connectivity index (χ0v) is 7.82. The highest BCUT2D eigenvalue weighted by molar-refractivity contribution is 7.12. The largest absolute Gasteiger partial charge is 0.390 e. The Morgan fingerprint density at radius 2 is 2.46 bits per heavy atom. The number of hydrogen-bond donors (Lipinski definition) is 1. The maximum absolute atomic E-state index is 8.77. The molecule has 0 saturated carbocycles. The summed E-state index contributed by atoms with van der Waals surface area (Å²) in [5.74, 6) is 0. The fourth-order valence-electron chi connectivity index (χ4n) is 0.911. The summed E-state index contributed by atoms with van der Waals surface area (Å²) in [7, 11) is 0. The highest BCUT2D eigenvalue weighted by Crippen LogP contribution is 2.12. The second-order valence-electron chi connectivity index (χ2n) is 2.58. The molecule has 0 aliphatic heterocycles. The van der Waals surface area contributed by atoms with Gasteiger partial charge in [0.1, 0.15) is 5.69 Å². The number of nitrogens with zero attached hydrogens (tertiary/aromatic N) is 4. The molecule has 68 valence electrons. The Morgan fingerprint density at radius 3 is 3.00 bits per heavy atom. The van der Waals surface area contributed by atoms with E-state index in [-0.39, 0.29) is 6.61 Å². The van der Waals surface area contributed by atoms with E-state index in [0.29, 0.717) is 5.69 Å². The maximum Gasteiger partial charge on any atom is 0.211 e. The predicted molar refractivity (Wildman–Crippen MR) is 47.7 cm³/mol. The first kappa shape index (κ1) is 8.33. The van der Waals surface area contributed by atoms with Crippen LogP contribution < -0.4 is 0 Å². The van der Waals surface area contributed by atoms with Gasteiger partial charge in [-0.25, -0.2) is 4.98 Å². The van der Waals surface area contributed by atoms with Crippen molar-refractivity contribution in [3.8, 4) is 5.13 Å². The summed E-state index contributed by atoms with van der Waals surface area (Å²) in [6.07, 6.45) is 1.66. The van der Waals surface area contributed by atoms with Gasteiger partial charge in [-0.15, -0.1) is 16.4 Å². The molecule has 0 radical (unpaired) electrons. The number of rotatable bonds is 2. The first-order valence-electron chi connectivity index (χ1n) is 3.74. The van der Waals surface area contributed by atoms with E-state index < -0.39 is 0 Å². The predicted octanol–water partition coefficient (Wildman–Crippen LogP) is 0.525. The average molecular weight is 196 g/mol. The zero-order valence-electron chi connectivity index (χ0n) is 7.01. The van der Waals surface area contributed by atoms with Crippen LogP contribution in [0.1, 0.15) is 11.4 Å². The molecule has 2 aromatic rings. The van der Waals surface area contributed by atoms with E-state index in [9.17, 15) is 0 Å². The summed E-state index contributed by atoms with van der Waals surface area (Å²) < 4.78 is 1.56. The Morgan fingerprint density at radius 1 is 1.62 bits per heavy atom. The second kappa shape index (κ2) is 3.23. The van der Waals surface area contributed by atoms with Crippen molar-refractivity contribution in [2.75, 3.05) is 0 Å². The molecule has 6 heteroatoms. The van der Waals surface area contributed by atoms with Crippen LogP contribution in [0.3, 0.4) is 0 Å². The molecule has 5 nitrogen and oxygen atoms in total. The molecule has 0 amide bonds.